The number of nitriles is 1. The lowest BCUT2D eigenvalue weighted by atomic mass is 10.1. The number of hydrogen-bond acceptors (Lipinski definition) is 2. The molecule has 0 aromatic heterocycles. The molecule has 1 aliphatic rings. The summed E-state index contributed by atoms with van der Waals surface area (Å²) in [5, 5.41) is 9.06. The van der Waals surface area contributed by atoms with Crippen molar-refractivity contribution >= 4 is 0 Å². The van der Waals surface area contributed by atoms with Crippen LogP contribution < -0.4 is 0 Å². The van der Waals surface area contributed by atoms with Gasteiger partial charge in [-0.25, -0.2) is 13.2 Å². The first kappa shape index (κ1) is 11.9. The minimum Gasteiger partial charge on any atom is -0.284 e. The van der Waals surface area contributed by atoms with E-state index in [1.54, 1.807) is 0 Å². The molecule has 0 aliphatic carbocycles. The zero-order chi connectivity index (χ0) is 12.4. The van der Waals surface area contributed by atoms with Gasteiger partial charge in [0.25, 0.3) is 0 Å². The van der Waals surface area contributed by atoms with Crippen molar-refractivity contribution in [2.75, 3.05) is 13.1 Å². The molecule has 17 heavy (non-hydrogen) atoms. The van der Waals surface area contributed by atoms with Crippen molar-refractivity contribution in [3.8, 4) is 6.07 Å². The molecule has 5 heteroatoms. The summed E-state index contributed by atoms with van der Waals surface area (Å²) in [7, 11) is 0. The van der Waals surface area contributed by atoms with Crippen molar-refractivity contribution in [1.82, 2.24) is 4.90 Å². The number of nitrogens with zero attached hydrogens (tertiary/aromatic N) is 2. The lowest BCUT2D eigenvalue weighted by Gasteiger charge is -2.21. The Morgan fingerprint density at radius 2 is 1.65 bits per heavy atom. The number of halogens is 3. The van der Waals surface area contributed by atoms with Crippen molar-refractivity contribution in [3.05, 3.63) is 35.1 Å². The molecule has 1 aromatic rings. The van der Waals surface area contributed by atoms with Crippen LogP contribution in [0, 0.1) is 28.8 Å². The van der Waals surface area contributed by atoms with E-state index in [-0.39, 0.29) is 5.56 Å². The Labute approximate surface area is 97.3 Å². The van der Waals surface area contributed by atoms with Crippen molar-refractivity contribution in [2.45, 2.75) is 18.9 Å². The molecule has 0 saturated carbocycles. The van der Waals surface area contributed by atoms with Crippen molar-refractivity contribution in [3.63, 3.8) is 0 Å². The quantitative estimate of drug-likeness (QED) is 0.743. The molecule has 1 aromatic carbocycles. The molecule has 2 rings (SSSR count). The Hall–Kier alpha value is -1.54. The molecule has 0 N–H and O–H groups in total. The normalized spacial score (nSPS) is 18.0. The molecule has 1 atom stereocenters. The molecule has 0 bridgehead atoms. The van der Waals surface area contributed by atoms with E-state index >= 15 is 0 Å². The van der Waals surface area contributed by atoms with Crippen LogP contribution in [0.5, 0.6) is 0 Å². The molecule has 0 radical (unpaired) electrons. The number of likely N-dealkylation sites (tertiary alicyclic amines) is 1. The average Bonchev–Trinajstić information content (AvgIpc) is 2.80. The van der Waals surface area contributed by atoms with Gasteiger partial charge < -0.3 is 0 Å². The molecule has 1 saturated heterocycles. The van der Waals surface area contributed by atoms with E-state index in [0.29, 0.717) is 0 Å². The molecular weight excluding hydrogens is 229 g/mol. The third-order valence-electron chi connectivity index (χ3n) is 2.95. The highest BCUT2D eigenvalue weighted by molar-refractivity contribution is 5.27. The molecule has 1 heterocycles. The lowest BCUT2D eigenvalue weighted by molar-refractivity contribution is 0.292. The second-order valence-corrected chi connectivity index (χ2v) is 4.07. The summed E-state index contributed by atoms with van der Waals surface area (Å²) in [5.74, 6) is -3.99. The Balaban J connectivity index is 2.34. The molecule has 2 nitrogen and oxygen atoms in total. The smallest absolute Gasteiger partial charge is 0.194 e. The van der Waals surface area contributed by atoms with Crippen molar-refractivity contribution in [2.24, 2.45) is 0 Å². The molecule has 1 unspecified atom stereocenters. The fraction of sp³-hybridized carbons (Fsp3) is 0.417. The Morgan fingerprint density at radius 1 is 1.12 bits per heavy atom. The Morgan fingerprint density at radius 3 is 2.12 bits per heavy atom. The average molecular weight is 240 g/mol. The van der Waals surface area contributed by atoms with Crippen LogP contribution in [-0.4, -0.2) is 18.0 Å². The standard InChI is InChI=1S/C12H11F3N2/c13-9-5-8(6-10(14)12(9)15)11(7-16)17-3-1-2-4-17/h5-6,11H,1-4H2. The highest BCUT2D eigenvalue weighted by Gasteiger charge is 2.25. The third kappa shape index (κ3) is 2.27. The minimum absolute atomic E-state index is 0.172. The van der Waals surface area contributed by atoms with Gasteiger partial charge in [0, 0.05) is 0 Å². The van der Waals surface area contributed by atoms with Gasteiger partial charge in [-0.1, -0.05) is 0 Å². The van der Waals surface area contributed by atoms with Gasteiger partial charge in [0.1, 0.15) is 6.04 Å². The van der Waals surface area contributed by atoms with Crippen LogP contribution in [0.4, 0.5) is 13.2 Å². The van der Waals surface area contributed by atoms with Gasteiger partial charge >= 0.3 is 0 Å². The van der Waals surface area contributed by atoms with Crippen LogP contribution in [0.1, 0.15) is 24.4 Å². The first-order valence-electron chi connectivity index (χ1n) is 5.41. The van der Waals surface area contributed by atoms with Crippen LogP contribution in [-0.2, 0) is 0 Å². The van der Waals surface area contributed by atoms with Crippen molar-refractivity contribution < 1.29 is 13.2 Å². The second kappa shape index (κ2) is 4.76. The Kier molecular flexibility index (Phi) is 3.34. The molecule has 90 valence electrons. The number of hydrogen-bond donors (Lipinski definition) is 0. The van der Waals surface area contributed by atoms with E-state index in [0.717, 1.165) is 38.1 Å². The number of benzene rings is 1. The summed E-state index contributed by atoms with van der Waals surface area (Å²) in [5.41, 5.74) is 0.172. The fourth-order valence-electron chi connectivity index (χ4n) is 2.10. The molecule has 0 amide bonds. The predicted molar refractivity (Wildman–Crippen MR) is 55.5 cm³/mol. The van der Waals surface area contributed by atoms with E-state index in [1.165, 1.54) is 0 Å². The van der Waals surface area contributed by atoms with E-state index in [4.69, 9.17) is 5.26 Å². The monoisotopic (exact) mass is 240 g/mol. The van der Waals surface area contributed by atoms with Crippen LogP contribution in [0.25, 0.3) is 0 Å². The second-order valence-electron chi connectivity index (χ2n) is 4.07. The van der Waals surface area contributed by atoms with Crippen LogP contribution in [0.15, 0.2) is 12.1 Å². The minimum atomic E-state index is -1.49. The molecule has 0 spiro atoms. The van der Waals surface area contributed by atoms with Crippen LogP contribution in [0.2, 0.25) is 0 Å². The summed E-state index contributed by atoms with van der Waals surface area (Å²) in [6, 6.07) is 3.08. The van der Waals surface area contributed by atoms with Gasteiger partial charge in [0.2, 0.25) is 0 Å². The summed E-state index contributed by atoms with van der Waals surface area (Å²) in [4.78, 5) is 1.84. The topological polar surface area (TPSA) is 27.0 Å². The summed E-state index contributed by atoms with van der Waals surface area (Å²) >= 11 is 0. The van der Waals surface area contributed by atoms with Crippen LogP contribution >= 0.6 is 0 Å². The molecule has 1 fully saturated rings. The SMILES string of the molecule is N#CC(c1cc(F)c(F)c(F)c1)N1CCCC1. The third-order valence-corrected chi connectivity index (χ3v) is 2.95. The largest absolute Gasteiger partial charge is 0.284 e. The van der Waals surface area contributed by atoms with Gasteiger partial charge in [-0.15, -0.1) is 0 Å². The van der Waals surface area contributed by atoms with Crippen LogP contribution in [0.3, 0.4) is 0 Å². The molecule has 1 aliphatic heterocycles. The first-order valence-corrected chi connectivity index (χ1v) is 5.41. The van der Waals surface area contributed by atoms with Gasteiger partial charge in [0.05, 0.1) is 6.07 Å². The molecular formula is C12H11F3N2. The lowest BCUT2D eigenvalue weighted by Crippen LogP contribution is -2.24. The van der Waals surface area contributed by atoms with Gasteiger partial charge in [-0.2, -0.15) is 5.26 Å². The predicted octanol–water partition coefficient (Wildman–Crippen LogP) is 2.76. The first-order chi connectivity index (χ1) is 8.13. The van der Waals surface area contributed by atoms with E-state index in [1.807, 2.05) is 11.0 Å². The summed E-state index contributed by atoms with van der Waals surface area (Å²) in [6.07, 6.45) is 1.93. The van der Waals surface area contributed by atoms with Gasteiger partial charge in [-0.05, 0) is 43.6 Å². The maximum Gasteiger partial charge on any atom is 0.194 e. The van der Waals surface area contributed by atoms with Gasteiger partial charge in [0.15, 0.2) is 17.5 Å². The van der Waals surface area contributed by atoms with E-state index < -0.39 is 23.5 Å². The Bertz CT molecular complexity index is 438. The zero-order valence-corrected chi connectivity index (χ0v) is 9.09. The highest BCUT2D eigenvalue weighted by atomic mass is 19.2. The number of rotatable bonds is 2. The maximum atomic E-state index is 13.1. The van der Waals surface area contributed by atoms with E-state index in [2.05, 4.69) is 0 Å². The highest BCUT2D eigenvalue weighted by Crippen LogP contribution is 2.26. The fourth-order valence-corrected chi connectivity index (χ4v) is 2.10. The zero-order valence-electron chi connectivity index (χ0n) is 9.09. The summed E-state index contributed by atoms with van der Waals surface area (Å²) < 4.78 is 39.0. The van der Waals surface area contributed by atoms with Crippen molar-refractivity contribution in [1.29, 1.82) is 5.26 Å². The van der Waals surface area contributed by atoms with E-state index in [9.17, 15) is 13.2 Å². The van der Waals surface area contributed by atoms with Gasteiger partial charge in [-0.3, -0.25) is 4.90 Å². The summed E-state index contributed by atoms with van der Waals surface area (Å²) in [6.45, 7) is 1.44. The maximum absolute atomic E-state index is 13.1.